The van der Waals surface area contributed by atoms with Crippen molar-refractivity contribution in [3.63, 3.8) is 0 Å². The second-order valence-corrected chi connectivity index (χ2v) is 3.84. The van der Waals surface area contributed by atoms with Crippen LogP contribution in [0.15, 0.2) is 22.7 Å². The molecule has 1 rings (SSSR count). The predicted octanol–water partition coefficient (Wildman–Crippen LogP) is 3.07. The number of aryl methyl sites for hydroxylation is 2. The van der Waals surface area contributed by atoms with Crippen molar-refractivity contribution in [1.82, 2.24) is 0 Å². The lowest BCUT2D eigenvalue weighted by Crippen LogP contribution is -2.00. The van der Waals surface area contributed by atoms with Crippen LogP contribution in [0, 0.1) is 6.92 Å². The Kier molecular flexibility index (Phi) is 6.39. The Bertz CT molecular complexity index is 263. The summed E-state index contributed by atoms with van der Waals surface area (Å²) in [5.41, 5.74) is 8.08. The van der Waals surface area contributed by atoms with Gasteiger partial charge in [-0.2, -0.15) is 0 Å². The second kappa shape index (κ2) is 6.41. The van der Waals surface area contributed by atoms with Crippen LogP contribution in [0.4, 0.5) is 0 Å². The van der Waals surface area contributed by atoms with Crippen LogP contribution in [0.2, 0.25) is 0 Å². The van der Waals surface area contributed by atoms with Crippen LogP contribution in [0.25, 0.3) is 0 Å². The van der Waals surface area contributed by atoms with Crippen LogP contribution in [-0.2, 0) is 6.42 Å². The predicted molar refractivity (Wildman–Crippen MR) is 63.5 cm³/mol. The summed E-state index contributed by atoms with van der Waals surface area (Å²) in [6, 6.07) is 6.44. The molecular formula is C10H15BrClN. The van der Waals surface area contributed by atoms with Crippen LogP contribution in [0.5, 0.6) is 0 Å². The van der Waals surface area contributed by atoms with E-state index in [0.29, 0.717) is 0 Å². The van der Waals surface area contributed by atoms with Gasteiger partial charge in [0.25, 0.3) is 0 Å². The van der Waals surface area contributed by atoms with Gasteiger partial charge in [-0.15, -0.1) is 12.4 Å². The third kappa shape index (κ3) is 4.12. The van der Waals surface area contributed by atoms with Gasteiger partial charge in [-0.3, -0.25) is 0 Å². The Balaban J connectivity index is 0.00000144. The first-order valence-electron chi connectivity index (χ1n) is 4.19. The summed E-state index contributed by atoms with van der Waals surface area (Å²) in [5, 5.41) is 0. The highest BCUT2D eigenvalue weighted by Gasteiger charge is 1.98. The van der Waals surface area contributed by atoms with E-state index in [9.17, 15) is 0 Å². The Morgan fingerprint density at radius 3 is 2.62 bits per heavy atom. The van der Waals surface area contributed by atoms with Gasteiger partial charge < -0.3 is 5.73 Å². The lowest BCUT2D eigenvalue weighted by atomic mass is 10.1. The number of nitrogens with two attached hydrogens (primary N) is 1. The fourth-order valence-electron chi connectivity index (χ4n) is 1.15. The Morgan fingerprint density at radius 2 is 2.08 bits per heavy atom. The van der Waals surface area contributed by atoms with Crippen molar-refractivity contribution < 1.29 is 0 Å². The van der Waals surface area contributed by atoms with Gasteiger partial charge in [0.1, 0.15) is 0 Å². The SMILES string of the molecule is Cc1ccc(CCCN)c(Br)c1.Cl. The first kappa shape index (κ1) is 12.9. The normalized spacial score (nSPS) is 9.46. The highest BCUT2D eigenvalue weighted by Crippen LogP contribution is 2.19. The van der Waals surface area contributed by atoms with Crippen LogP contribution in [-0.4, -0.2) is 6.54 Å². The average Bonchev–Trinajstić information content (AvgIpc) is 2.03. The molecule has 0 aliphatic rings. The van der Waals surface area contributed by atoms with Gasteiger partial charge >= 0.3 is 0 Å². The minimum absolute atomic E-state index is 0. The van der Waals surface area contributed by atoms with Crippen molar-refractivity contribution in [3.05, 3.63) is 33.8 Å². The fraction of sp³-hybridized carbons (Fsp3) is 0.400. The molecule has 13 heavy (non-hydrogen) atoms. The van der Waals surface area contributed by atoms with Crippen molar-refractivity contribution >= 4 is 28.3 Å². The topological polar surface area (TPSA) is 26.0 Å². The zero-order valence-electron chi connectivity index (χ0n) is 7.72. The summed E-state index contributed by atoms with van der Waals surface area (Å²) in [4.78, 5) is 0. The standard InChI is InChI=1S/C10H14BrN.ClH/c1-8-4-5-9(3-2-6-12)10(11)7-8;/h4-5,7H,2-3,6,12H2,1H3;1H. The van der Waals surface area contributed by atoms with Crippen LogP contribution in [0.1, 0.15) is 17.5 Å². The highest BCUT2D eigenvalue weighted by atomic mass is 79.9. The number of hydrogen-bond acceptors (Lipinski definition) is 1. The van der Waals surface area contributed by atoms with E-state index >= 15 is 0 Å². The molecule has 0 aliphatic heterocycles. The van der Waals surface area contributed by atoms with Gasteiger partial charge in [-0.05, 0) is 43.5 Å². The van der Waals surface area contributed by atoms with E-state index in [1.54, 1.807) is 0 Å². The first-order valence-corrected chi connectivity index (χ1v) is 4.98. The molecule has 1 aromatic carbocycles. The molecule has 0 atom stereocenters. The molecule has 0 unspecified atom stereocenters. The third-order valence-electron chi connectivity index (χ3n) is 1.86. The third-order valence-corrected chi connectivity index (χ3v) is 2.60. The van der Waals surface area contributed by atoms with E-state index in [2.05, 4.69) is 41.1 Å². The summed E-state index contributed by atoms with van der Waals surface area (Å²) < 4.78 is 1.20. The molecule has 0 saturated carbocycles. The van der Waals surface area contributed by atoms with Gasteiger partial charge in [0.2, 0.25) is 0 Å². The molecule has 0 saturated heterocycles. The van der Waals surface area contributed by atoms with E-state index in [4.69, 9.17) is 5.73 Å². The highest BCUT2D eigenvalue weighted by molar-refractivity contribution is 9.10. The maximum Gasteiger partial charge on any atom is 0.0209 e. The van der Waals surface area contributed by atoms with Crippen molar-refractivity contribution in [2.45, 2.75) is 19.8 Å². The van der Waals surface area contributed by atoms with Gasteiger partial charge in [0.05, 0.1) is 0 Å². The maximum atomic E-state index is 5.44. The van der Waals surface area contributed by atoms with Crippen molar-refractivity contribution in [2.24, 2.45) is 5.73 Å². The zero-order chi connectivity index (χ0) is 8.97. The molecule has 1 aromatic rings. The molecule has 0 fully saturated rings. The van der Waals surface area contributed by atoms with Crippen molar-refractivity contribution in [3.8, 4) is 0 Å². The summed E-state index contributed by atoms with van der Waals surface area (Å²) in [6.07, 6.45) is 2.12. The lowest BCUT2D eigenvalue weighted by Gasteiger charge is -2.03. The summed E-state index contributed by atoms with van der Waals surface area (Å²) >= 11 is 3.54. The molecular weight excluding hydrogens is 249 g/mol. The molecule has 0 spiro atoms. The Labute approximate surface area is 94.3 Å². The molecule has 3 heteroatoms. The molecule has 0 aliphatic carbocycles. The molecule has 0 bridgehead atoms. The first-order chi connectivity index (χ1) is 5.74. The van der Waals surface area contributed by atoms with E-state index in [-0.39, 0.29) is 12.4 Å². The van der Waals surface area contributed by atoms with Gasteiger partial charge in [-0.25, -0.2) is 0 Å². The molecule has 0 heterocycles. The minimum atomic E-state index is 0. The average molecular weight is 265 g/mol. The van der Waals surface area contributed by atoms with Crippen LogP contribution < -0.4 is 5.73 Å². The van der Waals surface area contributed by atoms with Crippen LogP contribution >= 0.6 is 28.3 Å². The summed E-state index contributed by atoms with van der Waals surface area (Å²) in [5.74, 6) is 0. The molecule has 2 N–H and O–H groups in total. The lowest BCUT2D eigenvalue weighted by molar-refractivity contribution is 0.829. The largest absolute Gasteiger partial charge is 0.330 e. The molecule has 0 aromatic heterocycles. The van der Waals surface area contributed by atoms with Crippen LogP contribution in [0.3, 0.4) is 0 Å². The molecule has 0 radical (unpaired) electrons. The quantitative estimate of drug-likeness (QED) is 0.892. The maximum absolute atomic E-state index is 5.44. The van der Waals surface area contributed by atoms with Crippen molar-refractivity contribution in [2.75, 3.05) is 6.54 Å². The Hall–Kier alpha value is -0.0500. The summed E-state index contributed by atoms with van der Waals surface area (Å²) in [6.45, 7) is 2.86. The van der Waals surface area contributed by atoms with Gasteiger partial charge in [-0.1, -0.05) is 28.1 Å². The van der Waals surface area contributed by atoms with E-state index in [1.165, 1.54) is 15.6 Å². The van der Waals surface area contributed by atoms with E-state index in [1.807, 2.05) is 0 Å². The van der Waals surface area contributed by atoms with E-state index in [0.717, 1.165) is 19.4 Å². The molecule has 1 nitrogen and oxygen atoms in total. The summed E-state index contributed by atoms with van der Waals surface area (Å²) in [7, 11) is 0. The smallest absolute Gasteiger partial charge is 0.0209 e. The second-order valence-electron chi connectivity index (χ2n) is 2.99. The Morgan fingerprint density at radius 1 is 1.38 bits per heavy atom. The van der Waals surface area contributed by atoms with E-state index < -0.39 is 0 Å². The minimum Gasteiger partial charge on any atom is -0.330 e. The number of hydrogen-bond donors (Lipinski definition) is 1. The number of benzene rings is 1. The van der Waals surface area contributed by atoms with Crippen molar-refractivity contribution in [1.29, 1.82) is 0 Å². The fourth-order valence-corrected chi connectivity index (χ4v) is 1.84. The monoisotopic (exact) mass is 263 g/mol. The zero-order valence-corrected chi connectivity index (χ0v) is 10.1. The van der Waals surface area contributed by atoms with Gasteiger partial charge in [0.15, 0.2) is 0 Å². The molecule has 74 valence electrons. The molecule has 0 amide bonds. The van der Waals surface area contributed by atoms with Gasteiger partial charge in [0, 0.05) is 4.47 Å². The number of rotatable bonds is 3. The number of halogens is 2.